The SMILES string of the molecule is CCOc1ccc(N)cc1CN1CCCC1(C)C. The van der Waals surface area contributed by atoms with Crippen molar-refractivity contribution in [1.82, 2.24) is 4.90 Å². The number of hydrogen-bond donors (Lipinski definition) is 1. The molecule has 100 valence electrons. The van der Waals surface area contributed by atoms with Crippen LogP contribution >= 0.6 is 0 Å². The molecule has 1 aromatic rings. The Bertz CT molecular complexity index is 415. The van der Waals surface area contributed by atoms with E-state index in [9.17, 15) is 0 Å². The van der Waals surface area contributed by atoms with Gasteiger partial charge in [0, 0.05) is 23.3 Å². The molecule has 0 bridgehead atoms. The summed E-state index contributed by atoms with van der Waals surface area (Å²) in [6.45, 7) is 9.42. The number of rotatable bonds is 4. The van der Waals surface area contributed by atoms with E-state index in [-0.39, 0.29) is 5.54 Å². The van der Waals surface area contributed by atoms with Crippen LogP contribution in [-0.2, 0) is 6.54 Å². The van der Waals surface area contributed by atoms with Gasteiger partial charge in [-0.2, -0.15) is 0 Å². The Morgan fingerprint density at radius 2 is 2.17 bits per heavy atom. The molecule has 18 heavy (non-hydrogen) atoms. The zero-order valence-corrected chi connectivity index (χ0v) is 11.7. The van der Waals surface area contributed by atoms with Gasteiger partial charge in [0.15, 0.2) is 0 Å². The first kappa shape index (κ1) is 13.2. The smallest absolute Gasteiger partial charge is 0.123 e. The van der Waals surface area contributed by atoms with Gasteiger partial charge in [0.25, 0.3) is 0 Å². The van der Waals surface area contributed by atoms with Crippen molar-refractivity contribution in [2.45, 2.75) is 45.7 Å². The van der Waals surface area contributed by atoms with Crippen LogP contribution in [0.2, 0.25) is 0 Å². The quantitative estimate of drug-likeness (QED) is 0.832. The molecule has 0 radical (unpaired) electrons. The fourth-order valence-corrected chi connectivity index (χ4v) is 2.68. The van der Waals surface area contributed by atoms with Crippen LogP contribution in [0.25, 0.3) is 0 Å². The van der Waals surface area contributed by atoms with E-state index < -0.39 is 0 Å². The molecule has 1 aromatic carbocycles. The zero-order chi connectivity index (χ0) is 13.2. The monoisotopic (exact) mass is 248 g/mol. The molecule has 0 unspecified atom stereocenters. The number of hydrogen-bond acceptors (Lipinski definition) is 3. The molecule has 1 saturated heterocycles. The van der Waals surface area contributed by atoms with Crippen LogP contribution in [0.1, 0.15) is 39.2 Å². The van der Waals surface area contributed by atoms with Gasteiger partial charge in [-0.25, -0.2) is 0 Å². The molecule has 0 amide bonds. The van der Waals surface area contributed by atoms with Gasteiger partial charge in [-0.1, -0.05) is 0 Å². The average Bonchev–Trinajstić information content (AvgIpc) is 2.62. The van der Waals surface area contributed by atoms with Crippen molar-refractivity contribution in [3.63, 3.8) is 0 Å². The summed E-state index contributed by atoms with van der Waals surface area (Å²) in [7, 11) is 0. The summed E-state index contributed by atoms with van der Waals surface area (Å²) in [5.74, 6) is 0.967. The van der Waals surface area contributed by atoms with Gasteiger partial charge in [0.05, 0.1) is 6.61 Å². The largest absolute Gasteiger partial charge is 0.494 e. The van der Waals surface area contributed by atoms with Gasteiger partial charge in [0.2, 0.25) is 0 Å². The Balaban J connectivity index is 2.19. The van der Waals surface area contributed by atoms with Crippen LogP contribution in [0.4, 0.5) is 5.69 Å². The third-order valence-corrected chi connectivity index (χ3v) is 3.82. The van der Waals surface area contributed by atoms with Crippen molar-refractivity contribution in [3.8, 4) is 5.75 Å². The molecular formula is C15H24N2O. The molecule has 2 N–H and O–H groups in total. The second-order valence-electron chi connectivity index (χ2n) is 5.64. The summed E-state index contributed by atoms with van der Waals surface area (Å²) in [5.41, 5.74) is 8.19. The summed E-state index contributed by atoms with van der Waals surface area (Å²) >= 11 is 0. The number of nitrogen functional groups attached to an aromatic ring is 1. The second-order valence-corrected chi connectivity index (χ2v) is 5.64. The van der Waals surface area contributed by atoms with Crippen molar-refractivity contribution in [3.05, 3.63) is 23.8 Å². The third-order valence-electron chi connectivity index (χ3n) is 3.82. The molecular weight excluding hydrogens is 224 g/mol. The van der Waals surface area contributed by atoms with Crippen LogP contribution in [0, 0.1) is 0 Å². The third kappa shape index (κ3) is 2.78. The van der Waals surface area contributed by atoms with Gasteiger partial charge < -0.3 is 10.5 Å². The van der Waals surface area contributed by atoms with Crippen molar-refractivity contribution in [2.24, 2.45) is 0 Å². The molecule has 0 spiro atoms. The predicted molar refractivity (Wildman–Crippen MR) is 75.7 cm³/mol. The molecule has 0 saturated carbocycles. The fourth-order valence-electron chi connectivity index (χ4n) is 2.68. The topological polar surface area (TPSA) is 38.5 Å². The number of benzene rings is 1. The minimum Gasteiger partial charge on any atom is -0.494 e. The average molecular weight is 248 g/mol. The van der Waals surface area contributed by atoms with Gasteiger partial charge >= 0.3 is 0 Å². The molecule has 0 aromatic heterocycles. The lowest BCUT2D eigenvalue weighted by molar-refractivity contribution is 0.164. The Morgan fingerprint density at radius 3 is 2.78 bits per heavy atom. The zero-order valence-electron chi connectivity index (χ0n) is 11.7. The molecule has 1 aliphatic rings. The highest BCUT2D eigenvalue weighted by atomic mass is 16.5. The summed E-state index contributed by atoms with van der Waals surface area (Å²) in [4.78, 5) is 2.52. The normalized spacial score (nSPS) is 19.1. The molecule has 1 heterocycles. The standard InChI is InChI=1S/C15H24N2O/c1-4-18-14-7-6-13(16)10-12(14)11-17-9-5-8-15(17,2)3/h6-7,10H,4-5,8-9,11,16H2,1-3H3. The van der Waals surface area contributed by atoms with E-state index in [2.05, 4.69) is 18.7 Å². The number of anilines is 1. The van der Waals surface area contributed by atoms with Crippen molar-refractivity contribution in [1.29, 1.82) is 0 Å². The lowest BCUT2D eigenvalue weighted by Gasteiger charge is -2.32. The summed E-state index contributed by atoms with van der Waals surface area (Å²) in [6.07, 6.45) is 2.54. The number of nitrogens with two attached hydrogens (primary N) is 1. The maximum atomic E-state index is 5.89. The Kier molecular flexibility index (Phi) is 3.81. The molecule has 3 heteroatoms. The second kappa shape index (κ2) is 5.19. The van der Waals surface area contributed by atoms with Crippen molar-refractivity contribution < 1.29 is 4.74 Å². The Morgan fingerprint density at radius 1 is 1.39 bits per heavy atom. The van der Waals surface area contributed by atoms with Crippen molar-refractivity contribution >= 4 is 5.69 Å². The Hall–Kier alpha value is -1.22. The van der Waals surface area contributed by atoms with E-state index in [0.29, 0.717) is 6.61 Å². The summed E-state index contributed by atoms with van der Waals surface area (Å²) in [6, 6.07) is 5.93. The van der Waals surface area contributed by atoms with Crippen LogP contribution in [-0.4, -0.2) is 23.6 Å². The van der Waals surface area contributed by atoms with E-state index in [1.807, 2.05) is 25.1 Å². The van der Waals surface area contributed by atoms with Crippen molar-refractivity contribution in [2.75, 3.05) is 18.9 Å². The maximum absolute atomic E-state index is 5.89. The number of ether oxygens (including phenoxy) is 1. The lowest BCUT2D eigenvalue weighted by Crippen LogP contribution is -2.37. The number of nitrogens with zero attached hydrogens (tertiary/aromatic N) is 1. The molecule has 2 rings (SSSR count). The first-order chi connectivity index (χ1) is 8.53. The van der Waals surface area contributed by atoms with E-state index >= 15 is 0 Å². The summed E-state index contributed by atoms with van der Waals surface area (Å²) < 4.78 is 5.69. The van der Waals surface area contributed by atoms with Gasteiger partial charge in [-0.15, -0.1) is 0 Å². The van der Waals surface area contributed by atoms with E-state index in [4.69, 9.17) is 10.5 Å². The van der Waals surface area contributed by atoms with Gasteiger partial charge in [-0.05, 0) is 58.4 Å². The molecule has 0 atom stereocenters. The van der Waals surface area contributed by atoms with Gasteiger partial charge in [-0.3, -0.25) is 4.90 Å². The summed E-state index contributed by atoms with van der Waals surface area (Å²) in [5, 5.41) is 0. The minimum atomic E-state index is 0.286. The number of likely N-dealkylation sites (tertiary alicyclic amines) is 1. The highest BCUT2D eigenvalue weighted by Crippen LogP contribution is 2.32. The van der Waals surface area contributed by atoms with E-state index in [1.165, 1.54) is 18.4 Å². The van der Waals surface area contributed by atoms with Crippen LogP contribution in [0.15, 0.2) is 18.2 Å². The van der Waals surface area contributed by atoms with Crippen LogP contribution in [0.3, 0.4) is 0 Å². The van der Waals surface area contributed by atoms with E-state index in [0.717, 1.165) is 24.5 Å². The molecule has 1 aliphatic heterocycles. The molecule has 1 fully saturated rings. The lowest BCUT2D eigenvalue weighted by atomic mass is 10.0. The fraction of sp³-hybridized carbons (Fsp3) is 0.600. The van der Waals surface area contributed by atoms with Crippen LogP contribution < -0.4 is 10.5 Å². The van der Waals surface area contributed by atoms with Gasteiger partial charge in [0.1, 0.15) is 5.75 Å². The van der Waals surface area contributed by atoms with Crippen LogP contribution in [0.5, 0.6) is 5.75 Å². The predicted octanol–water partition coefficient (Wildman–Crippen LogP) is 3.04. The van der Waals surface area contributed by atoms with E-state index in [1.54, 1.807) is 0 Å². The Labute approximate surface area is 110 Å². The highest BCUT2D eigenvalue weighted by molar-refractivity contribution is 5.48. The first-order valence-electron chi connectivity index (χ1n) is 6.79. The maximum Gasteiger partial charge on any atom is 0.123 e. The molecule has 0 aliphatic carbocycles. The first-order valence-corrected chi connectivity index (χ1v) is 6.79. The highest BCUT2D eigenvalue weighted by Gasteiger charge is 2.32. The minimum absolute atomic E-state index is 0.286. The molecule has 3 nitrogen and oxygen atoms in total.